The van der Waals surface area contributed by atoms with E-state index in [1.165, 1.54) is 0 Å². The van der Waals surface area contributed by atoms with E-state index in [1.54, 1.807) is 12.1 Å². The number of carbonyl (C=O) groups is 1. The van der Waals surface area contributed by atoms with Crippen LogP contribution in [0.5, 0.6) is 0 Å². The molecule has 1 aliphatic carbocycles. The van der Waals surface area contributed by atoms with Crippen molar-refractivity contribution in [1.82, 2.24) is 0 Å². The lowest BCUT2D eigenvalue weighted by Gasteiger charge is -2.01. The first kappa shape index (κ1) is 5.38. The van der Waals surface area contributed by atoms with Gasteiger partial charge < -0.3 is 0 Å². The number of hydrogen-bond donors (Lipinski definition) is 0. The molecule has 0 heterocycles. The van der Waals surface area contributed by atoms with E-state index >= 15 is 0 Å². The van der Waals surface area contributed by atoms with Gasteiger partial charge in [-0.05, 0) is 18.9 Å². The molecule has 0 bridgehead atoms. The van der Waals surface area contributed by atoms with Crippen molar-refractivity contribution >= 4 is 11.4 Å². The third-order valence-corrected chi connectivity index (χ3v) is 2.07. The minimum Gasteiger partial charge on any atom is -0.294 e. The number of carbonyl (C=O) groups excluding carboxylic acids is 1. The Bertz CT molecular complexity index is 439. The van der Waals surface area contributed by atoms with Gasteiger partial charge in [0.25, 0.3) is 0 Å². The van der Waals surface area contributed by atoms with Crippen molar-refractivity contribution < 1.29 is 8.91 Å². The van der Waals surface area contributed by atoms with Crippen LogP contribution in [0.4, 0.5) is 0 Å². The molecule has 0 N–H and O–H groups in total. The molecule has 0 fully saturated rings. The molecule has 13 heavy (non-hydrogen) atoms. The fraction of sp³-hybridized carbons (Fsp3) is 0.250. The highest BCUT2D eigenvalue weighted by atomic mass is 16.1. The first-order valence-electron chi connectivity index (χ1n) is 5.99. The molecule has 0 spiro atoms. The van der Waals surface area contributed by atoms with Crippen molar-refractivity contribution in [3.63, 3.8) is 0 Å². The zero-order valence-electron chi connectivity index (χ0n) is 10.2. The quantitative estimate of drug-likeness (QED) is 0.641. The molecule has 1 aromatic carbocycles. The Morgan fingerprint density at radius 1 is 1.31 bits per heavy atom. The van der Waals surface area contributed by atoms with Crippen molar-refractivity contribution in [3.05, 3.63) is 41.5 Å². The Labute approximate surface area is 82.3 Å². The van der Waals surface area contributed by atoms with E-state index in [2.05, 4.69) is 0 Å². The molecule has 1 aliphatic rings. The summed E-state index contributed by atoms with van der Waals surface area (Å²) in [4.78, 5) is 11.8. The third kappa shape index (κ3) is 1.42. The van der Waals surface area contributed by atoms with Gasteiger partial charge >= 0.3 is 0 Å². The normalized spacial score (nSPS) is 31.4. The van der Waals surface area contributed by atoms with Gasteiger partial charge in [0.15, 0.2) is 5.78 Å². The van der Waals surface area contributed by atoms with Crippen molar-refractivity contribution in [3.8, 4) is 0 Å². The van der Waals surface area contributed by atoms with Crippen LogP contribution in [0, 0.1) is 0 Å². The summed E-state index contributed by atoms with van der Waals surface area (Å²) in [7, 11) is 0. The Morgan fingerprint density at radius 2 is 2.08 bits per heavy atom. The molecule has 1 aromatic rings. The van der Waals surface area contributed by atoms with Crippen LogP contribution in [0.2, 0.25) is 0 Å². The minimum atomic E-state index is -1.06. The molecule has 0 aliphatic heterocycles. The minimum absolute atomic E-state index is 0.0838. The Balaban J connectivity index is 2.53. The van der Waals surface area contributed by atoms with E-state index < -0.39 is 12.8 Å². The summed E-state index contributed by atoms with van der Waals surface area (Å²) in [6.07, 6.45) is -1.93. The summed E-state index contributed by atoms with van der Waals surface area (Å²) in [6, 6.07) is 9.04. The Kier molecular flexibility index (Phi) is 1.31. The van der Waals surface area contributed by atoms with Gasteiger partial charge in [-0.1, -0.05) is 35.9 Å². The molecule has 2 atom stereocenters. The van der Waals surface area contributed by atoms with Crippen LogP contribution >= 0.6 is 0 Å². The second kappa shape index (κ2) is 3.17. The molecular formula is C12H12O. The maximum atomic E-state index is 11.8. The van der Waals surface area contributed by atoms with Gasteiger partial charge in [0.1, 0.15) is 0 Å². The van der Waals surface area contributed by atoms with Crippen LogP contribution in [0.1, 0.15) is 29.4 Å². The van der Waals surface area contributed by atoms with E-state index in [0.717, 1.165) is 5.56 Å². The summed E-state index contributed by atoms with van der Waals surface area (Å²) in [5.41, 5.74) is 1.61. The van der Waals surface area contributed by atoms with Crippen molar-refractivity contribution in [1.29, 1.82) is 0 Å². The molecule has 1 heteroatoms. The number of allylic oxidation sites excluding steroid dienone is 2. The summed E-state index contributed by atoms with van der Waals surface area (Å²) >= 11 is 0. The fourth-order valence-electron chi connectivity index (χ4n) is 1.43. The summed E-state index contributed by atoms with van der Waals surface area (Å²) in [5.74, 6) is -0.326. The lowest BCUT2D eigenvalue weighted by molar-refractivity contribution is -0.113. The molecule has 0 aromatic heterocycles. The zero-order valence-corrected chi connectivity index (χ0v) is 7.16. The molecule has 0 saturated carbocycles. The number of benzene rings is 1. The smallest absolute Gasteiger partial charge is 0.163 e. The van der Waals surface area contributed by atoms with Crippen molar-refractivity contribution in [2.45, 2.75) is 19.7 Å². The average Bonchev–Trinajstić information content (AvgIpc) is 2.54. The van der Waals surface area contributed by atoms with E-state index in [1.807, 2.05) is 18.2 Å². The van der Waals surface area contributed by atoms with Gasteiger partial charge in [0.05, 0.1) is 0 Å². The van der Waals surface area contributed by atoms with E-state index in [9.17, 15) is 4.79 Å². The van der Waals surface area contributed by atoms with Crippen LogP contribution < -0.4 is 0 Å². The van der Waals surface area contributed by atoms with Crippen LogP contribution in [-0.4, -0.2) is 5.78 Å². The molecule has 2 unspecified atom stereocenters. The van der Waals surface area contributed by atoms with Gasteiger partial charge in [0, 0.05) is 16.1 Å². The second-order valence-corrected chi connectivity index (χ2v) is 2.96. The number of Topliss-reactive ketones (excluding diaryl/α,β-unsaturated/α-hetero) is 1. The summed E-state index contributed by atoms with van der Waals surface area (Å²) in [5, 5.41) is 0. The topological polar surface area (TPSA) is 17.1 Å². The van der Waals surface area contributed by atoms with Gasteiger partial charge in [-0.15, -0.1) is 0 Å². The Hall–Kier alpha value is -1.37. The highest BCUT2D eigenvalue weighted by Crippen LogP contribution is 2.30. The zero-order chi connectivity index (χ0) is 11.7. The Morgan fingerprint density at radius 3 is 2.77 bits per heavy atom. The van der Waals surface area contributed by atoms with Gasteiger partial charge in [0.2, 0.25) is 0 Å². The van der Waals surface area contributed by atoms with Crippen molar-refractivity contribution in [2.75, 3.05) is 0 Å². The van der Waals surface area contributed by atoms with E-state index in [-0.39, 0.29) is 12.7 Å². The third-order valence-electron chi connectivity index (χ3n) is 2.07. The maximum Gasteiger partial charge on any atom is 0.163 e. The SMILES string of the molecule is [2H]CC1=C(c2ccccc2)C(=O)C([2H])C1[2H]. The van der Waals surface area contributed by atoms with Crippen LogP contribution in [0.3, 0.4) is 0 Å². The maximum absolute atomic E-state index is 11.8. The largest absolute Gasteiger partial charge is 0.294 e. The van der Waals surface area contributed by atoms with E-state index in [0.29, 0.717) is 11.1 Å². The van der Waals surface area contributed by atoms with Gasteiger partial charge in [-0.25, -0.2) is 0 Å². The predicted molar refractivity (Wildman–Crippen MR) is 53.3 cm³/mol. The van der Waals surface area contributed by atoms with Gasteiger partial charge in [-0.3, -0.25) is 4.79 Å². The number of hydrogen-bond acceptors (Lipinski definition) is 1. The summed E-state index contributed by atoms with van der Waals surface area (Å²) < 4.78 is 22.7. The highest BCUT2D eigenvalue weighted by Gasteiger charge is 2.20. The predicted octanol–water partition coefficient (Wildman–Crippen LogP) is 2.82. The van der Waals surface area contributed by atoms with Crippen molar-refractivity contribution in [2.24, 2.45) is 0 Å². The number of ketones is 1. The molecule has 2 rings (SSSR count). The molecule has 1 nitrogen and oxygen atoms in total. The van der Waals surface area contributed by atoms with Crippen LogP contribution in [0.15, 0.2) is 35.9 Å². The summed E-state index contributed by atoms with van der Waals surface area (Å²) in [6.45, 7) is -0.0838. The number of rotatable bonds is 1. The van der Waals surface area contributed by atoms with Crippen LogP contribution in [-0.2, 0) is 4.79 Å². The fourth-order valence-corrected chi connectivity index (χ4v) is 1.43. The average molecular weight is 175 g/mol. The van der Waals surface area contributed by atoms with Gasteiger partial charge in [-0.2, -0.15) is 0 Å². The molecule has 66 valence electrons. The molecule has 0 amide bonds. The monoisotopic (exact) mass is 175 g/mol. The van der Waals surface area contributed by atoms with E-state index in [4.69, 9.17) is 4.11 Å². The lowest BCUT2D eigenvalue weighted by atomic mass is 10.0. The lowest BCUT2D eigenvalue weighted by Crippen LogP contribution is -1.94. The molecular weight excluding hydrogens is 160 g/mol. The first-order chi connectivity index (χ1) is 7.66. The second-order valence-electron chi connectivity index (χ2n) is 2.96. The standard InChI is InChI=1S/C12H12O/c1-9-7-8-11(13)12(9)10-5-3-2-4-6-10/h2-6H,7-8H2,1H3/i1D,7D,8D. The molecule has 0 saturated heterocycles. The highest BCUT2D eigenvalue weighted by molar-refractivity contribution is 6.23. The first-order valence-corrected chi connectivity index (χ1v) is 4.13. The van der Waals surface area contributed by atoms with Crippen LogP contribution in [0.25, 0.3) is 5.57 Å². The molecule has 0 radical (unpaired) electrons.